The van der Waals surface area contributed by atoms with E-state index < -0.39 is 0 Å². The van der Waals surface area contributed by atoms with Gasteiger partial charge in [0.15, 0.2) is 6.01 Å². The van der Waals surface area contributed by atoms with E-state index in [0.717, 1.165) is 11.0 Å². The van der Waals surface area contributed by atoms with E-state index in [1.165, 1.54) is 4.79 Å². The fraction of sp³-hybridized carbons (Fsp3) is 0. The van der Waals surface area contributed by atoms with E-state index in [4.69, 9.17) is 5.21 Å². The first-order valence-corrected chi connectivity index (χ1v) is 3.52. The molecular weight excluding hydrogens is 170 g/mol. The summed E-state index contributed by atoms with van der Waals surface area (Å²) in [6.45, 7) is 0. The van der Waals surface area contributed by atoms with Crippen molar-refractivity contribution in [2.75, 3.05) is 0 Å². The Hall–Kier alpha value is -2.20. The molecule has 2 rings (SSSR count). The molecule has 0 saturated carbocycles. The zero-order valence-electron chi connectivity index (χ0n) is 6.49. The van der Waals surface area contributed by atoms with E-state index in [1.807, 2.05) is 24.2 Å². The monoisotopic (exact) mass is 175 g/mol. The molecule has 1 aromatic carbocycles. The first-order chi connectivity index (χ1) is 6.42. The summed E-state index contributed by atoms with van der Waals surface area (Å²) < 4.78 is 0. The standard InChI is InChI=1S/C7H5N5O/c13-9-5-8-12-7-4-2-1-3-6(7)10-11-12/h1-4,13H. The van der Waals surface area contributed by atoms with Crippen molar-refractivity contribution in [2.24, 2.45) is 10.3 Å². The zero-order valence-corrected chi connectivity index (χ0v) is 6.49. The summed E-state index contributed by atoms with van der Waals surface area (Å²) in [7, 11) is 0. The van der Waals surface area contributed by atoms with Crippen LogP contribution in [0.15, 0.2) is 34.5 Å². The maximum Gasteiger partial charge on any atom is 0.162 e. The van der Waals surface area contributed by atoms with Gasteiger partial charge in [-0.3, -0.25) is 0 Å². The van der Waals surface area contributed by atoms with Crippen LogP contribution in [-0.4, -0.2) is 26.3 Å². The molecule has 0 radical (unpaired) electrons. The molecule has 0 bridgehead atoms. The Morgan fingerprint density at radius 2 is 2.23 bits per heavy atom. The third kappa shape index (κ3) is 1.25. The maximum absolute atomic E-state index is 8.10. The van der Waals surface area contributed by atoms with E-state index in [1.54, 1.807) is 6.07 Å². The van der Waals surface area contributed by atoms with Crippen LogP contribution < -0.4 is 0 Å². The highest BCUT2D eigenvalue weighted by atomic mass is 16.4. The number of benzene rings is 1. The van der Waals surface area contributed by atoms with Gasteiger partial charge in [0.2, 0.25) is 0 Å². The summed E-state index contributed by atoms with van der Waals surface area (Å²) in [4.78, 5) is 1.23. The van der Waals surface area contributed by atoms with E-state index in [-0.39, 0.29) is 0 Å². The van der Waals surface area contributed by atoms with Crippen molar-refractivity contribution in [3.8, 4) is 0 Å². The Morgan fingerprint density at radius 1 is 1.38 bits per heavy atom. The molecule has 0 fully saturated rings. The van der Waals surface area contributed by atoms with Gasteiger partial charge in [-0.2, -0.15) is 0 Å². The predicted molar refractivity (Wildman–Crippen MR) is 44.6 cm³/mol. The molecule has 0 amide bonds. The number of rotatable bonds is 1. The Bertz CT molecular complexity index is 482. The van der Waals surface area contributed by atoms with Gasteiger partial charge in [0.25, 0.3) is 0 Å². The van der Waals surface area contributed by atoms with Crippen LogP contribution in [0.25, 0.3) is 11.0 Å². The second-order valence-electron chi connectivity index (χ2n) is 2.27. The van der Waals surface area contributed by atoms with Crippen LogP contribution in [0.2, 0.25) is 0 Å². The van der Waals surface area contributed by atoms with E-state index in [0.29, 0.717) is 0 Å². The summed E-state index contributed by atoms with van der Waals surface area (Å²) in [6.07, 6.45) is 0. The lowest BCUT2D eigenvalue weighted by Gasteiger charge is -1.87. The number of hydrogen-bond acceptors (Lipinski definition) is 5. The summed E-state index contributed by atoms with van der Waals surface area (Å²) in [5, 5.41) is 21.8. The van der Waals surface area contributed by atoms with Gasteiger partial charge in [-0.1, -0.05) is 17.2 Å². The second kappa shape index (κ2) is 3.04. The molecule has 13 heavy (non-hydrogen) atoms. The fourth-order valence-electron chi connectivity index (χ4n) is 0.993. The van der Waals surface area contributed by atoms with Crippen LogP contribution in [0.4, 0.5) is 0 Å². The van der Waals surface area contributed by atoms with Gasteiger partial charge in [0, 0.05) is 0 Å². The number of nitrogens with zero attached hydrogens (tertiary/aromatic N) is 5. The van der Waals surface area contributed by atoms with Gasteiger partial charge >= 0.3 is 0 Å². The van der Waals surface area contributed by atoms with Crippen molar-refractivity contribution < 1.29 is 5.21 Å². The minimum absolute atomic E-state index is 0.728. The summed E-state index contributed by atoms with van der Waals surface area (Å²) >= 11 is 0. The van der Waals surface area contributed by atoms with Crippen molar-refractivity contribution in [1.29, 1.82) is 0 Å². The molecule has 0 saturated heterocycles. The lowest BCUT2D eigenvalue weighted by Crippen LogP contribution is -1.89. The number of hydrogen-bond donors (Lipinski definition) is 1. The van der Waals surface area contributed by atoms with Crippen LogP contribution in [0.5, 0.6) is 0 Å². The first-order valence-electron chi connectivity index (χ1n) is 3.52. The van der Waals surface area contributed by atoms with Gasteiger partial charge in [-0.05, 0) is 22.5 Å². The highest BCUT2D eigenvalue weighted by Gasteiger charge is 1.99. The van der Waals surface area contributed by atoms with Crippen molar-refractivity contribution in [3.63, 3.8) is 0 Å². The average molecular weight is 175 g/mol. The number of aromatic nitrogens is 3. The molecule has 6 heteroatoms. The molecule has 0 spiro atoms. The number of fused-ring (bicyclic) bond motifs is 1. The minimum atomic E-state index is 0.728. The Kier molecular flexibility index (Phi) is 1.74. The van der Waals surface area contributed by atoms with Gasteiger partial charge in [-0.25, -0.2) is 0 Å². The van der Waals surface area contributed by atoms with Crippen LogP contribution in [0.1, 0.15) is 0 Å². The summed E-state index contributed by atoms with van der Waals surface area (Å²) in [5.74, 6) is 0. The Labute approximate surface area is 72.8 Å². The lowest BCUT2D eigenvalue weighted by atomic mass is 10.3. The van der Waals surface area contributed by atoms with Crippen LogP contribution in [-0.2, 0) is 0 Å². The molecule has 2 aromatic rings. The molecule has 1 heterocycles. The zero-order chi connectivity index (χ0) is 9.10. The molecule has 0 aliphatic rings. The second-order valence-corrected chi connectivity index (χ2v) is 2.27. The number of para-hydroxylation sites is 1. The Morgan fingerprint density at radius 3 is 3.08 bits per heavy atom. The van der Waals surface area contributed by atoms with Crippen molar-refractivity contribution in [1.82, 2.24) is 15.1 Å². The van der Waals surface area contributed by atoms with Gasteiger partial charge < -0.3 is 5.21 Å². The lowest BCUT2D eigenvalue weighted by molar-refractivity contribution is 0.322. The highest BCUT2D eigenvalue weighted by molar-refractivity contribution is 5.73. The third-order valence-electron chi connectivity index (χ3n) is 1.52. The Balaban J connectivity index is 2.64. The SMILES string of the molecule is ON=C=Nn1nnc2ccccc21. The topological polar surface area (TPSA) is 75.7 Å². The van der Waals surface area contributed by atoms with E-state index >= 15 is 0 Å². The fourth-order valence-corrected chi connectivity index (χ4v) is 0.993. The minimum Gasteiger partial charge on any atom is -0.402 e. The summed E-state index contributed by atoms with van der Waals surface area (Å²) in [6, 6.07) is 9.32. The van der Waals surface area contributed by atoms with Crippen LogP contribution >= 0.6 is 0 Å². The van der Waals surface area contributed by atoms with Crippen molar-refractivity contribution in [3.05, 3.63) is 24.3 Å². The van der Waals surface area contributed by atoms with Crippen LogP contribution in [0.3, 0.4) is 0 Å². The highest BCUT2D eigenvalue weighted by Crippen LogP contribution is 2.08. The molecule has 64 valence electrons. The van der Waals surface area contributed by atoms with Gasteiger partial charge in [-0.15, -0.1) is 9.89 Å². The molecule has 6 nitrogen and oxygen atoms in total. The molecule has 0 aliphatic heterocycles. The molecular formula is C7H5N5O. The van der Waals surface area contributed by atoms with Gasteiger partial charge in [0.1, 0.15) is 11.0 Å². The quantitative estimate of drug-likeness (QED) is 0.395. The first kappa shape index (κ1) is 7.45. The van der Waals surface area contributed by atoms with Gasteiger partial charge in [0.05, 0.1) is 0 Å². The predicted octanol–water partition coefficient (Wildman–Crippen LogP) is 0.757. The average Bonchev–Trinajstić information content (AvgIpc) is 2.58. The molecule has 0 aliphatic carbocycles. The molecule has 0 atom stereocenters. The third-order valence-corrected chi connectivity index (χ3v) is 1.52. The molecule has 1 N–H and O–H groups in total. The normalized spacial score (nSPS) is 9.54. The molecule has 0 unspecified atom stereocenters. The van der Waals surface area contributed by atoms with E-state index in [9.17, 15) is 0 Å². The van der Waals surface area contributed by atoms with Crippen molar-refractivity contribution >= 4 is 17.0 Å². The maximum atomic E-state index is 8.10. The van der Waals surface area contributed by atoms with Crippen molar-refractivity contribution in [2.45, 2.75) is 0 Å². The van der Waals surface area contributed by atoms with E-state index in [2.05, 4.69) is 20.6 Å². The van der Waals surface area contributed by atoms with Crippen LogP contribution in [0, 0.1) is 0 Å². The molecule has 1 aromatic heterocycles. The summed E-state index contributed by atoms with van der Waals surface area (Å²) in [5.41, 5.74) is 1.46. The smallest absolute Gasteiger partial charge is 0.162 e. The largest absolute Gasteiger partial charge is 0.402 e.